The van der Waals surface area contributed by atoms with Gasteiger partial charge in [0.2, 0.25) is 5.89 Å². The molecule has 0 fully saturated rings. The molecule has 3 aromatic rings. The molecule has 0 spiro atoms. The molecular weight excluding hydrogens is 350 g/mol. The average molecular weight is 369 g/mol. The number of hydrogen-bond donors (Lipinski definition) is 2. The van der Waals surface area contributed by atoms with Crippen LogP contribution >= 0.6 is 0 Å². The molecule has 9 heteroatoms. The average Bonchev–Trinajstić information content (AvgIpc) is 3.13. The van der Waals surface area contributed by atoms with Gasteiger partial charge in [-0.2, -0.15) is 4.98 Å². The van der Waals surface area contributed by atoms with Crippen molar-refractivity contribution in [3.8, 4) is 11.4 Å². The van der Waals surface area contributed by atoms with Crippen molar-refractivity contribution >= 4 is 5.91 Å². The minimum Gasteiger partial charge on any atom is -0.384 e. The van der Waals surface area contributed by atoms with Crippen molar-refractivity contribution in [3.63, 3.8) is 0 Å². The van der Waals surface area contributed by atoms with E-state index in [0.29, 0.717) is 24.7 Å². The molecule has 27 heavy (non-hydrogen) atoms. The largest absolute Gasteiger partial charge is 0.384 e. The van der Waals surface area contributed by atoms with E-state index >= 15 is 0 Å². The van der Waals surface area contributed by atoms with Gasteiger partial charge in [0.1, 0.15) is 11.4 Å². The Balaban J connectivity index is 1.65. The third-order valence-electron chi connectivity index (χ3n) is 3.81. The van der Waals surface area contributed by atoms with Crippen LogP contribution in [0.2, 0.25) is 0 Å². The second-order valence-electron chi connectivity index (χ2n) is 5.87. The van der Waals surface area contributed by atoms with Crippen LogP contribution in [0.4, 0.5) is 0 Å². The molecule has 2 aromatic heterocycles. The summed E-state index contributed by atoms with van der Waals surface area (Å²) in [6.45, 7) is 2.45. The molecule has 140 valence electrons. The highest BCUT2D eigenvalue weighted by atomic mass is 16.5. The summed E-state index contributed by atoms with van der Waals surface area (Å²) in [7, 11) is 1.58. The van der Waals surface area contributed by atoms with Gasteiger partial charge in [-0.25, -0.2) is 4.98 Å². The third kappa shape index (κ3) is 4.64. The first kappa shape index (κ1) is 18.5. The second kappa shape index (κ2) is 8.37. The van der Waals surface area contributed by atoms with Crippen LogP contribution in [0.25, 0.3) is 11.4 Å². The zero-order chi connectivity index (χ0) is 19.2. The Morgan fingerprint density at radius 2 is 2.07 bits per heavy atom. The van der Waals surface area contributed by atoms with Gasteiger partial charge in [-0.1, -0.05) is 35.0 Å². The Hall–Kier alpha value is -3.33. The van der Waals surface area contributed by atoms with Crippen molar-refractivity contribution in [2.24, 2.45) is 0 Å². The monoisotopic (exact) mass is 369 g/mol. The van der Waals surface area contributed by atoms with Crippen LogP contribution in [0.15, 0.2) is 39.8 Å². The lowest BCUT2D eigenvalue weighted by molar-refractivity contribution is 0.0944. The zero-order valence-electron chi connectivity index (χ0n) is 15.0. The fraction of sp³-hybridized carbons (Fsp3) is 0.278. The number of nitrogens with one attached hydrogen (secondary N) is 2. The number of ether oxygens (including phenoxy) is 1. The summed E-state index contributed by atoms with van der Waals surface area (Å²) in [4.78, 5) is 35.4. The highest BCUT2D eigenvalue weighted by Gasteiger charge is 2.14. The maximum absolute atomic E-state index is 12.2. The highest BCUT2D eigenvalue weighted by Crippen LogP contribution is 2.13. The van der Waals surface area contributed by atoms with Crippen molar-refractivity contribution in [1.82, 2.24) is 25.4 Å². The normalized spacial score (nSPS) is 10.7. The van der Waals surface area contributed by atoms with Gasteiger partial charge in [-0.05, 0) is 6.92 Å². The molecule has 2 heterocycles. The number of hydrogen-bond acceptors (Lipinski definition) is 7. The molecule has 0 aliphatic heterocycles. The predicted octanol–water partition coefficient (Wildman–Crippen LogP) is 1.25. The molecule has 0 unspecified atom stereocenters. The van der Waals surface area contributed by atoms with Crippen molar-refractivity contribution in [2.45, 2.75) is 19.9 Å². The molecule has 0 bridgehead atoms. The fourth-order valence-electron chi connectivity index (χ4n) is 2.32. The first-order valence-electron chi connectivity index (χ1n) is 8.32. The number of aryl methyl sites for hydroxylation is 1. The molecule has 3 rings (SSSR count). The van der Waals surface area contributed by atoms with Gasteiger partial charge in [0.15, 0.2) is 5.82 Å². The zero-order valence-corrected chi connectivity index (χ0v) is 15.0. The minimum atomic E-state index is -0.573. The topological polar surface area (TPSA) is 123 Å². The Labute approximate surface area is 154 Å². The Morgan fingerprint density at radius 3 is 2.78 bits per heavy atom. The second-order valence-corrected chi connectivity index (χ2v) is 5.87. The van der Waals surface area contributed by atoms with E-state index in [2.05, 4.69) is 25.4 Å². The maximum atomic E-state index is 12.2. The molecule has 0 saturated heterocycles. The highest BCUT2D eigenvalue weighted by molar-refractivity contribution is 5.93. The standard InChI is InChI=1S/C18H19N5O4/c1-11-3-5-12(6-4-11)16-19-9-13(18(25)22-16)17(24)20-10-15-21-14(23-27-15)7-8-26-2/h3-6,9H,7-8,10H2,1-2H3,(H,20,24)(H,19,22,25). The van der Waals surface area contributed by atoms with Crippen LogP contribution in [-0.2, 0) is 17.7 Å². The maximum Gasteiger partial charge on any atom is 0.264 e. The van der Waals surface area contributed by atoms with Gasteiger partial charge in [0.05, 0.1) is 13.2 Å². The lowest BCUT2D eigenvalue weighted by Gasteiger charge is -2.04. The van der Waals surface area contributed by atoms with E-state index in [1.165, 1.54) is 6.20 Å². The summed E-state index contributed by atoms with van der Waals surface area (Å²) >= 11 is 0. The third-order valence-corrected chi connectivity index (χ3v) is 3.81. The molecular formula is C18H19N5O4. The summed E-state index contributed by atoms with van der Waals surface area (Å²) in [6.07, 6.45) is 1.76. The molecule has 0 atom stereocenters. The number of amides is 1. The van der Waals surface area contributed by atoms with Crippen LogP contribution in [0.3, 0.4) is 0 Å². The van der Waals surface area contributed by atoms with Gasteiger partial charge in [0.25, 0.3) is 11.5 Å². The smallest absolute Gasteiger partial charge is 0.264 e. The number of H-pyrrole nitrogens is 1. The van der Waals surface area contributed by atoms with Crippen LogP contribution in [0.1, 0.15) is 27.6 Å². The summed E-state index contributed by atoms with van der Waals surface area (Å²) < 4.78 is 9.97. The predicted molar refractivity (Wildman–Crippen MR) is 96.1 cm³/mol. The molecule has 0 aliphatic rings. The molecule has 0 radical (unpaired) electrons. The fourth-order valence-corrected chi connectivity index (χ4v) is 2.32. The molecule has 1 aromatic carbocycles. The van der Waals surface area contributed by atoms with E-state index in [-0.39, 0.29) is 18.0 Å². The van der Waals surface area contributed by atoms with Crippen molar-refractivity contribution < 1.29 is 14.1 Å². The Kier molecular flexibility index (Phi) is 5.72. The minimum absolute atomic E-state index is 0.0119. The number of aromatic nitrogens is 4. The van der Waals surface area contributed by atoms with E-state index < -0.39 is 11.5 Å². The van der Waals surface area contributed by atoms with Crippen molar-refractivity contribution in [2.75, 3.05) is 13.7 Å². The van der Waals surface area contributed by atoms with E-state index in [0.717, 1.165) is 11.1 Å². The van der Waals surface area contributed by atoms with Gasteiger partial charge < -0.3 is 19.6 Å². The van der Waals surface area contributed by atoms with Crippen molar-refractivity contribution in [3.05, 3.63) is 63.7 Å². The number of carbonyl (C=O) groups excluding carboxylic acids is 1. The molecule has 0 saturated carbocycles. The number of aromatic amines is 1. The van der Waals surface area contributed by atoms with Gasteiger partial charge in [-0.3, -0.25) is 9.59 Å². The quantitative estimate of drug-likeness (QED) is 0.642. The summed E-state index contributed by atoms with van der Waals surface area (Å²) in [6, 6.07) is 7.54. The van der Waals surface area contributed by atoms with Gasteiger partial charge in [0, 0.05) is 25.3 Å². The molecule has 1 amide bonds. The van der Waals surface area contributed by atoms with E-state index in [9.17, 15) is 9.59 Å². The van der Waals surface area contributed by atoms with E-state index in [4.69, 9.17) is 9.26 Å². The lowest BCUT2D eigenvalue weighted by Crippen LogP contribution is -2.29. The van der Waals surface area contributed by atoms with Crippen LogP contribution in [0, 0.1) is 6.92 Å². The van der Waals surface area contributed by atoms with Gasteiger partial charge in [-0.15, -0.1) is 0 Å². The Bertz CT molecular complexity index is 978. The lowest BCUT2D eigenvalue weighted by atomic mass is 10.1. The number of rotatable bonds is 7. The first-order chi connectivity index (χ1) is 13.1. The number of benzene rings is 1. The number of nitrogens with zero attached hydrogens (tertiary/aromatic N) is 3. The van der Waals surface area contributed by atoms with Crippen LogP contribution in [0.5, 0.6) is 0 Å². The van der Waals surface area contributed by atoms with E-state index in [1.54, 1.807) is 7.11 Å². The van der Waals surface area contributed by atoms with E-state index in [1.807, 2.05) is 31.2 Å². The van der Waals surface area contributed by atoms with Crippen LogP contribution in [-0.4, -0.2) is 39.7 Å². The summed E-state index contributed by atoms with van der Waals surface area (Å²) in [5.74, 6) is 0.560. The summed E-state index contributed by atoms with van der Waals surface area (Å²) in [5.41, 5.74) is 1.25. The van der Waals surface area contributed by atoms with Gasteiger partial charge >= 0.3 is 0 Å². The molecule has 9 nitrogen and oxygen atoms in total. The number of carbonyl (C=O) groups is 1. The molecule has 0 aliphatic carbocycles. The van der Waals surface area contributed by atoms with Crippen LogP contribution < -0.4 is 10.9 Å². The first-order valence-corrected chi connectivity index (χ1v) is 8.32. The molecule has 2 N–H and O–H groups in total. The SMILES string of the molecule is COCCc1noc(CNC(=O)c2cnc(-c3ccc(C)cc3)[nH]c2=O)n1. The van der Waals surface area contributed by atoms with Crippen molar-refractivity contribution in [1.29, 1.82) is 0 Å². The Morgan fingerprint density at radius 1 is 1.30 bits per heavy atom. The summed E-state index contributed by atoms with van der Waals surface area (Å²) in [5, 5.41) is 6.34. The number of methoxy groups -OCH3 is 1.